The van der Waals surface area contributed by atoms with Crippen LogP contribution >= 0.6 is 0 Å². The van der Waals surface area contributed by atoms with E-state index < -0.39 is 5.60 Å². The zero-order chi connectivity index (χ0) is 24.0. The van der Waals surface area contributed by atoms with Crippen LogP contribution in [0.25, 0.3) is 21.9 Å². The molecule has 5 rings (SSSR count). The second-order valence-electron chi connectivity index (χ2n) is 9.68. The van der Waals surface area contributed by atoms with Gasteiger partial charge in [0, 0.05) is 60.9 Å². The molecule has 0 spiro atoms. The molecule has 0 bridgehead atoms. The number of anilines is 1. The van der Waals surface area contributed by atoms with Crippen LogP contribution < -0.4 is 4.90 Å². The van der Waals surface area contributed by atoms with E-state index in [-0.39, 0.29) is 12.5 Å². The van der Waals surface area contributed by atoms with Gasteiger partial charge in [0.15, 0.2) is 0 Å². The Bertz CT molecular complexity index is 1380. The van der Waals surface area contributed by atoms with Crippen molar-refractivity contribution in [3.8, 4) is 0 Å². The zero-order valence-electron chi connectivity index (χ0n) is 20.1. The number of carbonyl (C=O) groups is 1. The van der Waals surface area contributed by atoms with Gasteiger partial charge in [0.2, 0.25) is 0 Å². The van der Waals surface area contributed by atoms with Crippen molar-refractivity contribution in [1.82, 2.24) is 24.4 Å². The number of aliphatic hydroxyl groups is 1. The zero-order valence-corrected chi connectivity index (χ0v) is 20.1. The summed E-state index contributed by atoms with van der Waals surface area (Å²) in [6.45, 7) is 7.57. The second kappa shape index (κ2) is 8.36. The first kappa shape index (κ1) is 22.3. The van der Waals surface area contributed by atoms with Gasteiger partial charge < -0.3 is 19.5 Å². The van der Waals surface area contributed by atoms with Gasteiger partial charge in [0.05, 0.1) is 29.4 Å². The molecule has 0 saturated carbocycles. The molecule has 1 N–H and O–H groups in total. The summed E-state index contributed by atoms with van der Waals surface area (Å²) < 4.78 is 2.09. The molecular weight excluding hydrogens is 428 g/mol. The quantitative estimate of drug-likeness (QED) is 0.492. The van der Waals surface area contributed by atoms with Gasteiger partial charge in [-0.25, -0.2) is 4.98 Å². The van der Waals surface area contributed by atoms with Crippen LogP contribution in [0.1, 0.15) is 42.4 Å². The minimum Gasteiger partial charge on any atom is -0.386 e. The lowest BCUT2D eigenvalue weighted by molar-refractivity contribution is 0.0265. The maximum Gasteiger partial charge on any atom is 0.253 e. The maximum absolute atomic E-state index is 13.2. The fourth-order valence-electron chi connectivity index (χ4n) is 4.94. The van der Waals surface area contributed by atoms with Crippen molar-refractivity contribution in [3.63, 3.8) is 0 Å². The van der Waals surface area contributed by atoms with Crippen LogP contribution in [0.4, 0.5) is 5.69 Å². The SMILES string of the molecule is Cc1cc(N2CC[C@@](O)(CN(C)C(=O)c3ccc4c(c3)ncn4C(C)C)C2)c2cnccc2n1. The van der Waals surface area contributed by atoms with Crippen molar-refractivity contribution in [3.05, 3.63) is 60.3 Å². The van der Waals surface area contributed by atoms with E-state index in [0.717, 1.165) is 33.3 Å². The number of pyridine rings is 2. The van der Waals surface area contributed by atoms with E-state index in [4.69, 9.17) is 0 Å². The van der Waals surface area contributed by atoms with E-state index in [2.05, 4.69) is 38.3 Å². The predicted molar refractivity (Wildman–Crippen MR) is 133 cm³/mol. The smallest absolute Gasteiger partial charge is 0.253 e. The number of rotatable bonds is 5. The van der Waals surface area contributed by atoms with Crippen molar-refractivity contribution in [2.45, 2.75) is 38.8 Å². The van der Waals surface area contributed by atoms with Crippen LogP contribution in [0.5, 0.6) is 0 Å². The first-order chi connectivity index (χ1) is 16.2. The molecule has 8 heteroatoms. The average molecular weight is 459 g/mol. The number of carbonyl (C=O) groups excluding carboxylic acids is 1. The van der Waals surface area contributed by atoms with E-state index in [1.165, 1.54) is 0 Å². The summed E-state index contributed by atoms with van der Waals surface area (Å²) in [5.41, 5.74) is 4.21. The highest BCUT2D eigenvalue weighted by Crippen LogP contribution is 2.32. The predicted octanol–water partition coefficient (Wildman–Crippen LogP) is 3.58. The molecule has 1 aliphatic rings. The molecule has 1 amide bonds. The Kier molecular flexibility index (Phi) is 5.48. The van der Waals surface area contributed by atoms with Crippen molar-refractivity contribution in [1.29, 1.82) is 0 Å². The summed E-state index contributed by atoms with van der Waals surface area (Å²) in [5.74, 6) is -0.123. The van der Waals surface area contributed by atoms with Crippen LogP contribution in [0, 0.1) is 6.92 Å². The Morgan fingerprint density at radius 2 is 2.06 bits per heavy atom. The van der Waals surface area contributed by atoms with Crippen LogP contribution in [-0.4, -0.2) is 67.7 Å². The van der Waals surface area contributed by atoms with Gasteiger partial charge in [0.1, 0.15) is 5.60 Å². The fraction of sp³-hybridized carbons (Fsp3) is 0.385. The number of nitrogens with zero attached hydrogens (tertiary/aromatic N) is 6. The van der Waals surface area contributed by atoms with Crippen molar-refractivity contribution in [2.75, 3.05) is 31.6 Å². The first-order valence-electron chi connectivity index (χ1n) is 11.6. The Morgan fingerprint density at radius 3 is 2.85 bits per heavy atom. The number of fused-ring (bicyclic) bond motifs is 2. The lowest BCUT2D eigenvalue weighted by Gasteiger charge is -2.29. The third-order valence-corrected chi connectivity index (χ3v) is 6.65. The summed E-state index contributed by atoms with van der Waals surface area (Å²) >= 11 is 0. The monoisotopic (exact) mass is 458 g/mol. The number of likely N-dealkylation sites (N-methyl/N-ethyl adjacent to an activating group) is 1. The van der Waals surface area contributed by atoms with Gasteiger partial charge in [-0.3, -0.25) is 14.8 Å². The minimum atomic E-state index is -1.00. The van der Waals surface area contributed by atoms with E-state index in [0.29, 0.717) is 31.1 Å². The molecule has 0 radical (unpaired) electrons. The van der Waals surface area contributed by atoms with E-state index in [1.54, 1.807) is 18.1 Å². The number of hydrogen-bond acceptors (Lipinski definition) is 6. The highest BCUT2D eigenvalue weighted by molar-refractivity contribution is 5.97. The largest absolute Gasteiger partial charge is 0.386 e. The lowest BCUT2D eigenvalue weighted by atomic mass is 10.0. The highest BCUT2D eigenvalue weighted by Gasteiger charge is 2.38. The Hall–Kier alpha value is -3.52. The summed E-state index contributed by atoms with van der Waals surface area (Å²) in [6, 6.07) is 9.85. The number of hydrogen-bond donors (Lipinski definition) is 1. The van der Waals surface area contributed by atoms with Crippen molar-refractivity contribution in [2.24, 2.45) is 0 Å². The molecule has 8 nitrogen and oxygen atoms in total. The first-order valence-corrected chi connectivity index (χ1v) is 11.6. The molecule has 4 aromatic rings. The molecule has 1 saturated heterocycles. The normalized spacial score (nSPS) is 18.4. The highest BCUT2D eigenvalue weighted by atomic mass is 16.3. The molecule has 0 unspecified atom stereocenters. The maximum atomic E-state index is 13.2. The van der Waals surface area contributed by atoms with Crippen molar-refractivity contribution < 1.29 is 9.90 Å². The third kappa shape index (κ3) is 3.98. The van der Waals surface area contributed by atoms with Gasteiger partial charge >= 0.3 is 0 Å². The van der Waals surface area contributed by atoms with E-state index in [9.17, 15) is 9.90 Å². The summed E-state index contributed by atoms with van der Waals surface area (Å²) in [7, 11) is 1.75. The molecule has 1 aliphatic heterocycles. The molecule has 1 aromatic carbocycles. The number of benzene rings is 1. The standard InChI is InChI=1S/C26H30N6O2/c1-17(2)32-16-28-22-12-19(5-6-23(22)32)25(33)30(4)14-26(34)8-10-31(15-26)24-11-18(3)29-21-7-9-27-13-20(21)24/h5-7,9,11-13,16-17,34H,8,10,14-15H2,1-4H3/t26-/m1/s1. The van der Waals surface area contributed by atoms with E-state index in [1.807, 2.05) is 49.8 Å². The number of imidazole rings is 1. The minimum absolute atomic E-state index is 0.123. The topological polar surface area (TPSA) is 87.4 Å². The third-order valence-electron chi connectivity index (χ3n) is 6.65. The molecule has 0 aliphatic carbocycles. The molecule has 176 valence electrons. The van der Waals surface area contributed by atoms with Gasteiger partial charge in [-0.05, 0) is 57.5 Å². The van der Waals surface area contributed by atoms with Gasteiger partial charge in [0.25, 0.3) is 5.91 Å². The van der Waals surface area contributed by atoms with Crippen LogP contribution in [0.15, 0.2) is 49.1 Å². The Morgan fingerprint density at radius 1 is 1.24 bits per heavy atom. The summed E-state index contributed by atoms with van der Waals surface area (Å²) in [5, 5.41) is 12.4. The molecule has 4 heterocycles. The Balaban J connectivity index is 1.33. The van der Waals surface area contributed by atoms with Crippen LogP contribution in [0.3, 0.4) is 0 Å². The van der Waals surface area contributed by atoms with Gasteiger partial charge in [-0.1, -0.05) is 0 Å². The van der Waals surface area contributed by atoms with Crippen LogP contribution in [-0.2, 0) is 0 Å². The molecular formula is C26H30N6O2. The molecule has 34 heavy (non-hydrogen) atoms. The number of aryl methyl sites for hydroxylation is 1. The van der Waals surface area contributed by atoms with Gasteiger partial charge in [-0.2, -0.15) is 0 Å². The molecule has 1 fully saturated rings. The number of amides is 1. The summed E-state index contributed by atoms with van der Waals surface area (Å²) in [4.78, 5) is 30.3. The molecule has 3 aromatic heterocycles. The van der Waals surface area contributed by atoms with E-state index >= 15 is 0 Å². The van der Waals surface area contributed by atoms with Crippen molar-refractivity contribution >= 4 is 33.5 Å². The lowest BCUT2D eigenvalue weighted by Crippen LogP contribution is -2.45. The average Bonchev–Trinajstić information content (AvgIpc) is 3.41. The summed E-state index contributed by atoms with van der Waals surface area (Å²) in [6.07, 6.45) is 5.94. The second-order valence-corrected chi connectivity index (χ2v) is 9.68. The Labute approximate surface area is 198 Å². The fourth-order valence-corrected chi connectivity index (χ4v) is 4.94. The number of β-amino-alcohol motifs (C(OH)–C–C–N with tert-alkyl or cyclic N) is 1. The number of aromatic nitrogens is 4. The molecule has 1 atom stereocenters. The van der Waals surface area contributed by atoms with Crippen LogP contribution in [0.2, 0.25) is 0 Å². The van der Waals surface area contributed by atoms with Gasteiger partial charge in [-0.15, -0.1) is 0 Å².